The summed E-state index contributed by atoms with van der Waals surface area (Å²) in [4.78, 5) is 4.09. The smallest absolute Gasteiger partial charge is 0.219 e. The molecule has 0 aliphatic rings. The summed E-state index contributed by atoms with van der Waals surface area (Å²) in [5.74, 6) is 0.155. The van der Waals surface area contributed by atoms with Crippen LogP contribution in [0.15, 0.2) is 30.3 Å². The molecule has 0 fully saturated rings. The fourth-order valence-corrected chi connectivity index (χ4v) is 1.88. The van der Waals surface area contributed by atoms with Crippen molar-refractivity contribution in [1.29, 1.82) is 0 Å². The lowest BCUT2D eigenvalue weighted by atomic mass is 10.3. The Labute approximate surface area is 118 Å². The van der Waals surface area contributed by atoms with E-state index >= 15 is 0 Å². The van der Waals surface area contributed by atoms with Gasteiger partial charge in [0.15, 0.2) is 5.75 Å². The van der Waals surface area contributed by atoms with Gasteiger partial charge in [0.05, 0.1) is 21.6 Å². The molecule has 1 aromatic carbocycles. The Bertz CT molecular complexity index is 577. The van der Waals surface area contributed by atoms with E-state index in [1.54, 1.807) is 12.1 Å². The molecule has 0 saturated heterocycles. The fraction of sp³-hybridized carbons (Fsp3) is 0.0833. The Morgan fingerprint density at radius 1 is 1.11 bits per heavy atom. The fourth-order valence-electron chi connectivity index (χ4n) is 1.28. The highest BCUT2D eigenvalue weighted by atomic mass is 35.5. The number of pyridine rings is 1. The second-order valence-electron chi connectivity index (χ2n) is 3.39. The highest BCUT2D eigenvalue weighted by Crippen LogP contribution is 2.30. The van der Waals surface area contributed by atoms with E-state index in [1.165, 1.54) is 18.2 Å². The molecule has 18 heavy (non-hydrogen) atoms. The van der Waals surface area contributed by atoms with Crippen molar-refractivity contribution < 1.29 is 9.13 Å². The van der Waals surface area contributed by atoms with Crippen LogP contribution in [-0.2, 0) is 5.88 Å². The van der Waals surface area contributed by atoms with Crippen LogP contribution >= 0.6 is 34.8 Å². The summed E-state index contributed by atoms with van der Waals surface area (Å²) in [6.07, 6.45) is 0. The van der Waals surface area contributed by atoms with Gasteiger partial charge in [0.1, 0.15) is 5.82 Å². The molecule has 2 nitrogen and oxygen atoms in total. The number of rotatable bonds is 3. The molecule has 0 unspecified atom stereocenters. The maximum Gasteiger partial charge on any atom is 0.219 e. The lowest BCUT2D eigenvalue weighted by Gasteiger charge is -2.08. The molecule has 1 heterocycles. The average molecular weight is 307 g/mol. The molecular weight excluding hydrogens is 299 g/mol. The zero-order valence-electron chi connectivity index (χ0n) is 8.96. The first-order chi connectivity index (χ1) is 8.60. The summed E-state index contributed by atoms with van der Waals surface area (Å²) in [7, 11) is 0. The van der Waals surface area contributed by atoms with Gasteiger partial charge in [0.2, 0.25) is 5.88 Å². The highest BCUT2D eigenvalue weighted by molar-refractivity contribution is 6.32. The van der Waals surface area contributed by atoms with Crippen molar-refractivity contribution in [3.05, 3.63) is 51.9 Å². The molecule has 0 saturated carbocycles. The second-order valence-corrected chi connectivity index (χ2v) is 4.47. The first-order valence-corrected chi connectivity index (χ1v) is 6.23. The van der Waals surface area contributed by atoms with Gasteiger partial charge in [-0.2, -0.15) is 0 Å². The molecule has 0 N–H and O–H groups in total. The Morgan fingerprint density at radius 3 is 2.56 bits per heavy atom. The quantitative estimate of drug-likeness (QED) is 0.740. The maximum absolute atomic E-state index is 13.1. The van der Waals surface area contributed by atoms with Crippen molar-refractivity contribution in [2.45, 2.75) is 5.88 Å². The molecule has 2 aromatic rings. The van der Waals surface area contributed by atoms with Crippen molar-refractivity contribution in [3.63, 3.8) is 0 Å². The zero-order valence-corrected chi connectivity index (χ0v) is 11.2. The van der Waals surface area contributed by atoms with Gasteiger partial charge in [-0.05, 0) is 18.2 Å². The van der Waals surface area contributed by atoms with E-state index in [9.17, 15) is 4.39 Å². The summed E-state index contributed by atoms with van der Waals surface area (Å²) >= 11 is 17.4. The average Bonchev–Trinajstić information content (AvgIpc) is 2.36. The van der Waals surface area contributed by atoms with E-state index in [-0.39, 0.29) is 17.5 Å². The molecule has 2 rings (SSSR count). The van der Waals surface area contributed by atoms with Crippen LogP contribution in [0.1, 0.15) is 5.69 Å². The van der Waals surface area contributed by atoms with Gasteiger partial charge >= 0.3 is 0 Å². The predicted octanol–water partition coefficient (Wildman–Crippen LogP) is 5.06. The Hall–Kier alpha value is -1.03. The maximum atomic E-state index is 13.1. The van der Waals surface area contributed by atoms with Crippen molar-refractivity contribution in [2.24, 2.45) is 0 Å². The van der Waals surface area contributed by atoms with Gasteiger partial charge < -0.3 is 4.74 Å². The Balaban J connectivity index is 2.31. The molecule has 0 bridgehead atoms. The number of hydrogen-bond donors (Lipinski definition) is 0. The van der Waals surface area contributed by atoms with E-state index in [4.69, 9.17) is 39.5 Å². The van der Waals surface area contributed by atoms with Crippen molar-refractivity contribution in [3.8, 4) is 11.6 Å². The zero-order chi connectivity index (χ0) is 13.1. The summed E-state index contributed by atoms with van der Waals surface area (Å²) in [6.45, 7) is 0. The molecule has 0 amide bonds. The van der Waals surface area contributed by atoms with Crippen LogP contribution in [-0.4, -0.2) is 4.98 Å². The minimum absolute atomic E-state index is 0.160. The number of nitrogens with zero attached hydrogens (tertiary/aromatic N) is 1. The number of halogens is 4. The standard InChI is InChI=1S/C12H7Cl3FNO/c13-6-10-8(14)3-4-12(17-10)18-11-5-7(16)1-2-9(11)15/h1-5H,6H2. The van der Waals surface area contributed by atoms with Crippen LogP contribution < -0.4 is 4.74 Å². The molecule has 0 spiro atoms. The second kappa shape index (κ2) is 5.74. The number of benzene rings is 1. The topological polar surface area (TPSA) is 22.1 Å². The van der Waals surface area contributed by atoms with Gasteiger partial charge in [-0.3, -0.25) is 0 Å². The highest BCUT2D eigenvalue weighted by Gasteiger charge is 2.08. The van der Waals surface area contributed by atoms with Gasteiger partial charge in [-0.15, -0.1) is 11.6 Å². The SMILES string of the molecule is Fc1ccc(Cl)c(Oc2ccc(Cl)c(CCl)n2)c1. The first-order valence-electron chi connectivity index (χ1n) is 4.94. The third kappa shape index (κ3) is 3.05. The molecule has 0 aliphatic heterocycles. The van der Waals surface area contributed by atoms with E-state index in [0.717, 1.165) is 0 Å². The molecule has 0 aliphatic carbocycles. The lowest BCUT2D eigenvalue weighted by Crippen LogP contribution is -1.93. The third-order valence-electron chi connectivity index (χ3n) is 2.13. The van der Waals surface area contributed by atoms with Crippen LogP contribution in [0.25, 0.3) is 0 Å². The molecule has 6 heteroatoms. The minimum atomic E-state index is -0.444. The molecule has 1 aromatic heterocycles. The minimum Gasteiger partial charge on any atom is -0.437 e. The van der Waals surface area contributed by atoms with E-state index < -0.39 is 5.82 Å². The summed E-state index contributed by atoms with van der Waals surface area (Å²) in [5.41, 5.74) is 0.489. The molecule has 94 valence electrons. The predicted molar refractivity (Wildman–Crippen MR) is 70.3 cm³/mol. The first kappa shape index (κ1) is 13.4. The van der Waals surface area contributed by atoms with Crippen LogP contribution in [0.5, 0.6) is 11.6 Å². The Kier molecular flexibility index (Phi) is 4.27. The monoisotopic (exact) mass is 305 g/mol. The lowest BCUT2D eigenvalue weighted by molar-refractivity contribution is 0.457. The third-order valence-corrected chi connectivity index (χ3v) is 3.04. The van der Waals surface area contributed by atoms with E-state index in [0.29, 0.717) is 15.7 Å². The van der Waals surface area contributed by atoms with Crippen LogP contribution in [0.2, 0.25) is 10.0 Å². The normalized spacial score (nSPS) is 10.4. The van der Waals surface area contributed by atoms with Gasteiger partial charge in [-0.1, -0.05) is 23.2 Å². The van der Waals surface area contributed by atoms with Crippen LogP contribution in [0, 0.1) is 5.82 Å². The molecular formula is C12H7Cl3FNO. The number of hydrogen-bond acceptors (Lipinski definition) is 2. The number of ether oxygens (including phenoxy) is 1. The van der Waals surface area contributed by atoms with Crippen LogP contribution in [0.3, 0.4) is 0 Å². The number of aromatic nitrogens is 1. The van der Waals surface area contributed by atoms with Gasteiger partial charge in [0.25, 0.3) is 0 Å². The van der Waals surface area contributed by atoms with Crippen LogP contribution in [0.4, 0.5) is 4.39 Å². The molecule has 0 atom stereocenters. The molecule has 0 radical (unpaired) electrons. The Morgan fingerprint density at radius 2 is 1.83 bits per heavy atom. The van der Waals surface area contributed by atoms with E-state index in [2.05, 4.69) is 4.98 Å². The van der Waals surface area contributed by atoms with Gasteiger partial charge in [-0.25, -0.2) is 9.37 Å². The van der Waals surface area contributed by atoms with Crippen molar-refractivity contribution >= 4 is 34.8 Å². The number of alkyl halides is 1. The summed E-state index contributed by atoms with van der Waals surface area (Å²) in [5, 5.41) is 0.739. The summed E-state index contributed by atoms with van der Waals surface area (Å²) in [6, 6.07) is 6.99. The largest absolute Gasteiger partial charge is 0.437 e. The van der Waals surface area contributed by atoms with Gasteiger partial charge in [0, 0.05) is 12.1 Å². The summed E-state index contributed by atoms with van der Waals surface area (Å²) < 4.78 is 18.4. The van der Waals surface area contributed by atoms with Crippen molar-refractivity contribution in [1.82, 2.24) is 4.98 Å². The van der Waals surface area contributed by atoms with E-state index in [1.807, 2.05) is 0 Å². The van der Waals surface area contributed by atoms with Crippen molar-refractivity contribution in [2.75, 3.05) is 0 Å².